The number of ether oxygens (including phenoxy) is 1. The number of carbonyl (C=O) groups is 1. The molecule has 0 radical (unpaired) electrons. The molecule has 3 aromatic rings. The number of halogens is 2. The summed E-state index contributed by atoms with van der Waals surface area (Å²) in [6.07, 6.45) is 6.13. The molecule has 2 amide bonds. The van der Waals surface area contributed by atoms with Gasteiger partial charge in [0.2, 0.25) is 0 Å². The Morgan fingerprint density at radius 3 is 2.87 bits per heavy atom. The van der Waals surface area contributed by atoms with Gasteiger partial charge in [-0.3, -0.25) is 10.00 Å². The summed E-state index contributed by atoms with van der Waals surface area (Å²) in [6, 6.07) is 7.26. The molecule has 160 valence electrons. The van der Waals surface area contributed by atoms with Gasteiger partial charge in [-0.15, -0.1) is 0 Å². The lowest BCUT2D eigenvalue weighted by Gasteiger charge is -2.19. The molecule has 1 fully saturated rings. The van der Waals surface area contributed by atoms with E-state index in [0.717, 1.165) is 18.4 Å². The van der Waals surface area contributed by atoms with Gasteiger partial charge in [-0.25, -0.2) is 13.6 Å². The SMILES string of the molecule is O=C(NCc1cc(F)cc(OCC2CC2)c1)N1CCc2cc(-c3cn[nH]c3)c(F)cc21. The summed E-state index contributed by atoms with van der Waals surface area (Å²) in [5.41, 5.74) is 3.17. The number of benzene rings is 2. The fourth-order valence-corrected chi connectivity index (χ4v) is 3.82. The minimum absolute atomic E-state index is 0.151. The van der Waals surface area contributed by atoms with Crippen molar-refractivity contribution in [3.05, 3.63) is 65.5 Å². The molecule has 2 N–H and O–H groups in total. The van der Waals surface area contributed by atoms with E-state index < -0.39 is 11.6 Å². The second kappa shape index (κ2) is 8.02. The number of urea groups is 1. The average Bonchev–Trinajstić information content (AvgIpc) is 3.24. The molecule has 0 atom stereocenters. The summed E-state index contributed by atoms with van der Waals surface area (Å²) in [5, 5.41) is 9.35. The molecule has 1 aliphatic heterocycles. The smallest absolute Gasteiger partial charge is 0.322 e. The van der Waals surface area contributed by atoms with Crippen LogP contribution in [-0.4, -0.2) is 29.4 Å². The van der Waals surface area contributed by atoms with Crippen molar-refractivity contribution in [3.8, 4) is 16.9 Å². The van der Waals surface area contributed by atoms with Crippen LogP contribution in [0.3, 0.4) is 0 Å². The standard InChI is InChI=1S/C23H22F2N4O2/c24-18-5-15(6-19(8-18)31-13-14-1-2-14)10-26-23(30)29-4-3-16-7-20(17-11-27-28-12-17)21(25)9-22(16)29/h5-9,11-12,14H,1-4,10,13H2,(H,26,30)(H,27,28). The Balaban J connectivity index is 1.26. The number of aromatic nitrogens is 2. The van der Waals surface area contributed by atoms with E-state index in [-0.39, 0.29) is 12.6 Å². The van der Waals surface area contributed by atoms with Gasteiger partial charge >= 0.3 is 6.03 Å². The van der Waals surface area contributed by atoms with E-state index in [1.807, 2.05) is 0 Å². The van der Waals surface area contributed by atoms with Crippen molar-refractivity contribution in [3.63, 3.8) is 0 Å². The van der Waals surface area contributed by atoms with E-state index in [1.54, 1.807) is 24.5 Å². The van der Waals surface area contributed by atoms with Crippen LogP contribution in [0.1, 0.15) is 24.0 Å². The van der Waals surface area contributed by atoms with Crippen molar-refractivity contribution < 1.29 is 18.3 Å². The van der Waals surface area contributed by atoms with E-state index in [1.165, 1.54) is 23.1 Å². The summed E-state index contributed by atoms with van der Waals surface area (Å²) < 4.78 is 34.2. The highest BCUT2D eigenvalue weighted by Crippen LogP contribution is 2.34. The van der Waals surface area contributed by atoms with Gasteiger partial charge in [0, 0.05) is 36.5 Å². The van der Waals surface area contributed by atoms with Crippen LogP contribution in [0.4, 0.5) is 19.3 Å². The fraction of sp³-hybridized carbons (Fsp3) is 0.304. The van der Waals surface area contributed by atoms with Gasteiger partial charge in [0.1, 0.15) is 17.4 Å². The summed E-state index contributed by atoms with van der Waals surface area (Å²) in [7, 11) is 0. The topological polar surface area (TPSA) is 70.2 Å². The highest BCUT2D eigenvalue weighted by molar-refractivity contribution is 5.94. The van der Waals surface area contributed by atoms with Gasteiger partial charge in [0.05, 0.1) is 18.5 Å². The van der Waals surface area contributed by atoms with Gasteiger partial charge in [-0.1, -0.05) is 0 Å². The number of anilines is 1. The van der Waals surface area contributed by atoms with Crippen molar-refractivity contribution in [1.29, 1.82) is 0 Å². The van der Waals surface area contributed by atoms with Crippen LogP contribution < -0.4 is 15.0 Å². The lowest BCUT2D eigenvalue weighted by atomic mass is 10.0. The summed E-state index contributed by atoms with van der Waals surface area (Å²) >= 11 is 0. The number of rotatable bonds is 6. The van der Waals surface area contributed by atoms with Gasteiger partial charge in [-0.2, -0.15) is 5.10 Å². The molecule has 0 spiro atoms. The van der Waals surface area contributed by atoms with E-state index in [2.05, 4.69) is 15.5 Å². The highest BCUT2D eigenvalue weighted by atomic mass is 19.1. The maximum absolute atomic E-state index is 14.7. The molecule has 5 rings (SSSR count). The number of hydrogen-bond donors (Lipinski definition) is 2. The third kappa shape index (κ3) is 4.23. The molecule has 1 aromatic heterocycles. The molecular formula is C23H22F2N4O2. The third-order valence-electron chi connectivity index (χ3n) is 5.68. The summed E-state index contributed by atoms with van der Waals surface area (Å²) in [6.45, 7) is 1.19. The van der Waals surface area contributed by atoms with E-state index in [4.69, 9.17) is 4.74 Å². The first-order valence-corrected chi connectivity index (χ1v) is 10.4. The molecule has 0 unspecified atom stereocenters. The predicted octanol–water partition coefficient (Wildman–Crippen LogP) is 4.42. The lowest BCUT2D eigenvalue weighted by Crippen LogP contribution is -2.38. The van der Waals surface area contributed by atoms with Crippen molar-refractivity contribution in [2.75, 3.05) is 18.1 Å². The monoisotopic (exact) mass is 424 g/mol. The van der Waals surface area contributed by atoms with Crippen LogP contribution >= 0.6 is 0 Å². The molecule has 2 aliphatic rings. The molecule has 6 nitrogen and oxygen atoms in total. The van der Waals surface area contributed by atoms with Crippen LogP contribution in [0.5, 0.6) is 5.75 Å². The van der Waals surface area contributed by atoms with Crippen molar-refractivity contribution >= 4 is 11.7 Å². The molecule has 2 aromatic carbocycles. The number of aromatic amines is 1. The zero-order chi connectivity index (χ0) is 21.4. The summed E-state index contributed by atoms with van der Waals surface area (Å²) in [4.78, 5) is 14.3. The Morgan fingerprint density at radius 1 is 1.23 bits per heavy atom. The molecule has 0 saturated heterocycles. The first-order chi connectivity index (χ1) is 15.1. The molecule has 1 aliphatic carbocycles. The number of hydrogen-bond acceptors (Lipinski definition) is 3. The number of H-pyrrole nitrogens is 1. The van der Waals surface area contributed by atoms with Crippen LogP contribution in [0, 0.1) is 17.6 Å². The second-order valence-electron chi connectivity index (χ2n) is 8.06. The zero-order valence-electron chi connectivity index (χ0n) is 16.8. The molecule has 8 heteroatoms. The molecule has 31 heavy (non-hydrogen) atoms. The average molecular weight is 424 g/mol. The number of nitrogens with zero attached hydrogens (tertiary/aromatic N) is 2. The largest absolute Gasteiger partial charge is 0.493 e. The van der Waals surface area contributed by atoms with Gasteiger partial charge in [-0.05, 0) is 60.6 Å². The van der Waals surface area contributed by atoms with Gasteiger partial charge in [0.25, 0.3) is 0 Å². The van der Waals surface area contributed by atoms with Crippen molar-refractivity contribution in [2.24, 2.45) is 5.92 Å². The minimum atomic E-state index is -0.414. The van der Waals surface area contributed by atoms with Crippen LogP contribution in [0.15, 0.2) is 42.7 Å². The maximum atomic E-state index is 14.7. The molecule has 2 heterocycles. The number of amides is 2. The van der Waals surface area contributed by atoms with E-state index in [0.29, 0.717) is 53.6 Å². The van der Waals surface area contributed by atoms with E-state index in [9.17, 15) is 13.6 Å². The molecule has 1 saturated carbocycles. The zero-order valence-corrected chi connectivity index (χ0v) is 16.8. The predicted molar refractivity (Wildman–Crippen MR) is 112 cm³/mol. The van der Waals surface area contributed by atoms with Crippen molar-refractivity contribution in [1.82, 2.24) is 15.5 Å². The fourth-order valence-electron chi connectivity index (χ4n) is 3.82. The number of fused-ring (bicyclic) bond motifs is 1. The molecule has 0 bridgehead atoms. The van der Waals surface area contributed by atoms with Crippen LogP contribution in [-0.2, 0) is 13.0 Å². The number of nitrogens with one attached hydrogen (secondary N) is 2. The first kappa shape index (κ1) is 19.5. The number of carbonyl (C=O) groups excluding carboxylic acids is 1. The maximum Gasteiger partial charge on any atom is 0.322 e. The highest BCUT2D eigenvalue weighted by Gasteiger charge is 2.27. The third-order valence-corrected chi connectivity index (χ3v) is 5.68. The second-order valence-corrected chi connectivity index (χ2v) is 8.06. The van der Waals surface area contributed by atoms with Gasteiger partial charge in [0.15, 0.2) is 0 Å². The Bertz CT molecular complexity index is 1110. The lowest BCUT2D eigenvalue weighted by molar-refractivity contribution is 0.246. The summed E-state index contributed by atoms with van der Waals surface area (Å²) in [5.74, 6) is 0.216. The quantitative estimate of drug-likeness (QED) is 0.616. The Hall–Kier alpha value is -3.42. The molecular weight excluding hydrogens is 402 g/mol. The Kier molecular flexibility index (Phi) is 5.05. The minimum Gasteiger partial charge on any atom is -0.493 e. The van der Waals surface area contributed by atoms with E-state index >= 15 is 0 Å². The van der Waals surface area contributed by atoms with Crippen molar-refractivity contribution in [2.45, 2.75) is 25.8 Å². The normalized spacial score (nSPS) is 15.1. The van der Waals surface area contributed by atoms with Crippen LogP contribution in [0.2, 0.25) is 0 Å². The van der Waals surface area contributed by atoms with Crippen LogP contribution in [0.25, 0.3) is 11.1 Å². The van der Waals surface area contributed by atoms with Gasteiger partial charge < -0.3 is 10.1 Å². The Labute approximate surface area is 178 Å². The Morgan fingerprint density at radius 2 is 2.10 bits per heavy atom. The first-order valence-electron chi connectivity index (χ1n) is 10.4.